The van der Waals surface area contributed by atoms with E-state index in [9.17, 15) is 4.79 Å². The standard InChI is InChI=1S/C13H11NO2/c1-7-3-4-9-10-6-12(15)14-8(2)13(10)16-11(9)5-7/h3-6,13H,1-2H3. The molecule has 1 atom stereocenters. The molecule has 0 N–H and O–H groups in total. The summed E-state index contributed by atoms with van der Waals surface area (Å²) in [6, 6.07) is 6.02. The monoisotopic (exact) mass is 213 g/mol. The van der Waals surface area contributed by atoms with Crippen LogP contribution in [0.5, 0.6) is 5.75 Å². The van der Waals surface area contributed by atoms with Crippen LogP contribution in [0.25, 0.3) is 5.57 Å². The maximum Gasteiger partial charge on any atom is 0.270 e. The van der Waals surface area contributed by atoms with E-state index in [0.29, 0.717) is 0 Å². The molecule has 0 radical (unpaired) electrons. The fraction of sp³-hybridized carbons (Fsp3) is 0.231. The second-order valence-corrected chi connectivity index (χ2v) is 4.19. The lowest BCUT2D eigenvalue weighted by Gasteiger charge is -2.14. The van der Waals surface area contributed by atoms with Gasteiger partial charge in [0.1, 0.15) is 5.75 Å². The summed E-state index contributed by atoms with van der Waals surface area (Å²) in [4.78, 5) is 15.3. The highest BCUT2D eigenvalue weighted by Gasteiger charge is 2.33. The number of amides is 1. The van der Waals surface area contributed by atoms with Crippen LogP contribution in [0.2, 0.25) is 0 Å². The summed E-state index contributed by atoms with van der Waals surface area (Å²) >= 11 is 0. The minimum Gasteiger partial charge on any atom is -0.479 e. The lowest BCUT2D eigenvalue weighted by molar-refractivity contribution is -0.113. The van der Waals surface area contributed by atoms with E-state index in [1.165, 1.54) is 0 Å². The van der Waals surface area contributed by atoms with Crippen LogP contribution in [-0.2, 0) is 4.79 Å². The average Bonchev–Trinajstić information content (AvgIpc) is 2.56. The molecular formula is C13H11NO2. The topological polar surface area (TPSA) is 38.7 Å². The number of ether oxygens (including phenoxy) is 1. The Morgan fingerprint density at radius 2 is 2.12 bits per heavy atom. The molecule has 0 spiro atoms. The first-order chi connectivity index (χ1) is 7.65. The Hall–Kier alpha value is -1.90. The Balaban J connectivity index is 2.17. The van der Waals surface area contributed by atoms with Gasteiger partial charge in [0.25, 0.3) is 5.91 Å². The fourth-order valence-corrected chi connectivity index (χ4v) is 2.16. The van der Waals surface area contributed by atoms with Crippen LogP contribution in [0.15, 0.2) is 29.3 Å². The van der Waals surface area contributed by atoms with Crippen molar-refractivity contribution in [2.75, 3.05) is 0 Å². The Labute approximate surface area is 93.5 Å². The summed E-state index contributed by atoms with van der Waals surface area (Å²) in [5.41, 5.74) is 3.83. The second-order valence-electron chi connectivity index (χ2n) is 4.19. The number of benzene rings is 1. The number of hydrogen-bond acceptors (Lipinski definition) is 2. The van der Waals surface area contributed by atoms with E-state index in [4.69, 9.17) is 4.74 Å². The van der Waals surface area contributed by atoms with E-state index < -0.39 is 0 Å². The van der Waals surface area contributed by atoms with Crippen LogP contribution >= 0.6 is 0 Å². The van der Waals surface area contributed by atoms with E-state index in [1.54, 1.807) is 6.08 Å². The van der Waals surface area contributed by atoms with Crippen molar-refractivity contribution in [3.8, 4) is 5.75 Å². The maximum atomic E-state index is 11.4. The van der Waals surface area contributed by atoms with Gasteiger partial charge < -0.3 is 4.74 Å². The number of aliphatic imine (C=N–C) groups is 1. The molecule has 2 heterocycles. The van der Waals surface area contributed by atoms with Crippen LogP contribution in [0.3, 0.4) is 0 Å². The van der Waals surface area contributed by atoms with E-state index in [2.05, 4.69) is 4.99 Å². The quantitative estimate of drug-likeness (QED) is 0.662. The number of carbonyl (C=O) groups is 1. The van der Waals surface area contributed by atoms with Crippen LogP contribution < -0.4 is 4.74 Å². The van der Waals surface area contributed by atoms with Crippen molar-refractivity contribution in [2.24, 2.45) is 4.99 Å². The van der Waals surface area contributed by atoms with Crippen molar-refractivity contribution in [1.29, 1.82) is 0 Å². The third-order valence-electron chi connectivity index (χ3n) is 2.92. The molecule has 2 aliphatic heterocycles. The van der Waals surface area contributed by atoms with Crippen molar-refractivity contribution >= 4 is 17.2 Å². The van der Waals surface area contributed by atoms with Crippen LogP contribution in [0, 0.1) is 6.92 Å². The largest absolute Gasteiger partial charge is 0.479 e. The van der Waals surface area contributed by atoms with Gasteiger partial charge in [0.05, 0.1) is 5.71 Å². The zero-order valence-electron chi connectivity index (χ0n) is 9.15. The smallest absolute Gasteiger partial charge is 0.270 e. The van der Waals surface area contributed by atoms with Crippen LogP contribution in [0.4, 0.5) is 0 Å². The van der Waals surface area contributed by atoms with Gasteiger partial charge in [-0.3, -0.25) is 4.79 Å². The minimum atomic E-state index is -0.194. The Morgan fingerprint density at radius 1 is 1.31 bits per heavy atom. The van der Waals surface area contributed by atoms with Gasteiger partial charge in [-0.1, -0.05) is 12.1 Å². The summed E-state index contributed by atoms with van der Waals surface area (Å²) < 4.78 is 5.80. The molecule has 0 bridgehead atoms. The first-order valence-electron chi connectivity index (χ1n) is 5.23. The van der Waals surface area contributed by atoms with Gasteiger partial charge in [0, 0.05) is 17.2 Å². The van der Waals surface area contributed by atoms with Gasteiger partial charge in [-0.25, -0.2) is 4.99 Å². The molecule has 0 aliphatic carbocycles. The van der Waals surface area contributed by atoms with E-state index in [0.717, 1.165) is 28.2 Å². The molecular weight excluding hydrogens is 202 g/mol. The normalized spacial score (nSPS) is 21.9. The fourth-order valence-electron chi connectivity index (χ4n) is 2.16. The first kappa shape index (κ1) is 9.33. The zero-order valence-corrected chi connectivity index (χ0v) is 9.15. The molecule has 16 heavy (non-hydrogen) atoms. The Morgan fingerprint density at radius 3 is 2.94 bits per heavy atom. The van der Waals surface area contributed by atoms with Crippen molar-refractivity contribution in [2.45, 2.75) is 20.0 Å². The predicted molar refractivity (Wildman–Crippen MR) is 61.7 cm³/mol. The highest BCUT2D eigenvalue weighted by atomic mass is 16.5. The van der Waals surface area contributed by atoms with Crippen molar-refractivity contribution in [1.82, 2.24) is 0 Å². The van der Waals surface area contributed by atoms with E-state index in [-0.39, 0.29) is 12.0 Å². The predicted octanol–water partition coefficient (Wildman–Crippen LogP) is 2.14. The molecule has 3 nitrogen and oxygen atoms in total. The minimum absolute atomic E-state index is 0.172. The lowest BCUT2D eigenvalue weighted by Crippen LogP contribution is -2.26. The molecule has 3 rings (SSSR count). The second kappa shape index (κ2) is 3.04. The first-order valence-corrected chi connectivity index (χ1v) is 5.23. The molecule has 0 fully saturated rings. The van der Waals surface area contributed by atoms with Crippen molar-refractivity contribution in [3.63, 3.8) is 0 Å². The number of fused-ring (bicyclic) bond motifs is 3. The summed E-state index contributed by atoms with van der Waals surface area (Å²) in [6.07, 6.45) is 1.40. The SMILES string of the molecule is CC1=NC(=O)C=C2c3ccc(C)cc3OC21. The molecule has 0 saturated carbocycles. The Kier molecular flexibility index (Phi) is 1.78. The Bertz CT molecular complexity index is 555. The van der Waals surface area contributed by atoms with Gasteiger partial charge in [0.15, 0.2) is 6.10 Å². The molecule has 2 aliphatic rings. The lowest BCUT2D eigenvalue weighted by atomic mass is 9.97. The highest BCUT2D eigenvalue weighted by molar-refractivity contribution is 6.15. The van der Waals surface area contributed by atoms with E-state index >= 15 is 0 Å². The summed E-state index contributed by atoms with van der Waals surface area (Å²) in [5.74, 6) is 0.654. The molecule has 3 heteroatoms. The number of rotatable bonds is 0. The number of aryl methyl sites for hydroxylation is 1. The third-order valence-corrected chi connectivity index (χ3v) is 2.92. The number of nitrogens with zero attached hydrogens (tertiary/aromatic N) is 1. The number of hydrogen-bond donors (Lipinski definition) is 0. The number of dihydropyridines is 1. The molecule has 0 aromatic heterocycles. The molecule has 0 saturated heterocycles. The molecule has 80 valence electrons. The highest BCUT2D eigenvalue weighted by Crippen LogP contribution is 2.39. The van der Waals surface area contributed by atoms with Gasteiger partial charge in [0.2, 0.25) is 0 Å². The van der Waals surface area contributed by atoms with E-state index in [1.807, 2.05) is 32.0 Å². The van der Waals surface area contributed by atoms with Crippen LogP contribution in [-0.4, -0.2) is 17.7 Å². The maximum absolute atomic E-state index is 11.4. The van der Waals surface area contributed by atoms with Gasteiger partial charge >= 0.3 is 0 Å². The molecule has 1 aromatic carbocycles. The van der Waals surface area contributed by atoms with Gasteiger partial charge in [-0.15, -0.1) is 0 Å². The molecule has 1 unspecified atom stereocenters. The number of carbonyl (C=O) groups excluding carboxylic acids is 1. The zero-order chi connectivity index (χ0) is 11.3. The molecule has 1 amide bonds. The van der Waals surface area contributed by atoms with Crippen molar-refractivity contribution < 1.29 is 9.53 Å². The summed E-state index contributed by atoms with van der Waals surface area (Å²) in [5, 5.41) is 0. The van der Waals surface area contributed by atoms with Crippen molar-refractivity contribution in [3.05, 3.63) is 35.4 Å². The van der Waals surface area contributed by atoms with Gasteiger partial charge in [-0.2, -0.15) is 0 Å². The summed E-state index contributed by atoms with van der Waals surface area (Å²) in [6.45, 7) is 3.85. The summed E-state index contributed by atoms with van der Waals surface area (Å²) in [7, 11) is 0. The van der Waals surface area contributed by atoms with Crippen LogP contribution in [0.1, 0.15) is 18.1 Å². The molecule has 1 aromatic rings. The third kappa shape index (κ3) is 1.21. The average molecular weight is 213 g/mol. The van der Waals surface area contributed by atoms with Gasteiger partial charge in [-0.05, 0) is 25.5 Å².